The Morgan fingerprint density at radius 2 is 1.72 bits per heavy atom. The fraction of sp³-hybridized carbons (Fsp3) is 0.125. The second-order valence-electron chi connectivity index (χ2n) is 4.22. The van der Waals surface area contributed by atoms with Gasteiger partial charge in [0.15, 0.2) is 0 Å². The van der Waals surface area contributed by atoms with Crippen LogP contribution in [0.15, 0.2) is 65.7 Å². The third-order valence-electron chi connectivity index (χ3n) is 2.76. The highest BCUT2D eigenvalue weighted by Crippen LogP contribution is 2.27. The molecule has 1 N–H and O–H groups in total. The highest BCUT2D eigenvalue weighted by atomic mass is 35.5. The zero-order chi connectivity index (χ0) is 12.8. The van der Waals surface area contributed by atoms with E-state index in [0.29, 0.717) is 0 Å². The van der Waals surface area contributed by atoms with Gasteiger partial charge in [-0.15, -0.1) is 0 Å². The average Bonchev–Trinajstić information content (AvgIpc) is 2.46. The van der Waals surface area contributed by atoms with E-state index < -0.39 is 0 Å². The second-order valence-corrected chi connectivity index (χ2v) is 4.44. The second kappa shape index (κ2) is 6.27. The number of nitrogens with one attached hydrogen (secondary N) is 1. The fourth-order valence-electron chi connectivity index (χ4n) is 1.78. The molecule has 2 heteroatoms. The van der Waals surface area contributed by atoms with Gasteiger partial charge in [-0.05, 0) is 24.1 Å². The van der Waals surface area contributed by atoms with Crippen LogP contribution in [0.3, 0.4) is 0 Å². The first kappa shape index (κ1) is 12.7. The zero-order valence-corrected chi connectivity index (χ0v) is 11.1. The third-order valence-corrected chi connectivity index (χ3v) is 3.13. The van der Waals surface area contributed by atoms with Crippen LogP contribution in [0.5, 0.6) is 0 Å². The molecule has 2 aromatic rings. The van der Waals surface area contributed by atoms with E-state index in [4.69, 9.17) is 11.6 Å². The van der Waals surface area contributed by atoms with Gasteiger partial charge in [-0.25, -0.2) is 0 Å². The monoisotopic (exact) mass is 257 g/mol. The molecule has 0 heterocycles. The third kappa shape index (κ3) is 3.14. The predicted octanol–water partition coefficient (Wildman–Crippen LogP) is 4.91. The Labute approximate surface area is 113 Å². The first-order valence-electron chi connectivity index (χ1n) is 5.95. The Balaban J connectivity index is 2.26. The molecule has 0 atom stereocenters. The summed E-state index contributed by atoms with van der Waals surface area (Å²) >= 11 is 5.67. The lowest BCUT2D eigenvalue weighted by Gasteiger charge is -2.12. The molecule has 0 aromatic heterocycles. The minimum absolute atomic E-state index is 0.757. The number of halogens is 1. The molecule has 92 valence electrons. The molecular formula is C16H16ClN. The molecule has 0 unspecified atom stereocenters. The van der Waals surface area contributed by atoms with E-state index >= 15 is 0 Å². The van der Waals surface area contributed by atoms with Crippen LogP contribution in [0, 0.1) is 0 Å². The Bertz CT molecular complexity index is 532. The molecule has 0 radical (unpaired) electrons. The topological polar surface area (TPSA) is 12.0 Å². The molecule has 0 amide bonds. The van der Waals surface area contributed by atoms with Crippen molar-refractivity contribution >= 4 is 17.3 Å². The molecule has 0 fully saturated rings. The lowest BCUT2D eigenvalue weighted by Crippen LogP contribution is -2.03. The number of hydrogen-bond donors (Lipinski definition) is 1. The quantitative estimate of drug-likeness (QED) is 0.821. The van der Waals surface area contributed by atoms with Crippen LogP contribution < -0.4 is 5.32 Å². The fourth-order valence-corrected chi connectivity index (χ4v) is 1.86. The Hall–Kier alpha value is -1.73. The first-order valence-corrected chi connectivity index (χ1v) is 6.39. The summed E-state index contributed by atoms with van der Waals surface area (Å²) < 4.78 is 0. The van der Waals surface area contributed by atoms with Crippen molar-refractivity contribution in [1.29, 1.82) is 0 Å². The van der Waals surface area contributed by atoms with Gasteiger partial charge in [0.25, 0.3) is 0 Å². The van der Waals surface area contributed by atoms with Crippen molar-refractivity contribution in [2.45, 2.75) is 6.92 Å². The van der Waals surface area contributed by atoms with Crippen molar-refractivity contribution in [3.05, 3.63) is 65.7 Å². The van der Waals surface area contributed by atoms with Gasteiger partial charge in [-0.2, -0.15) is 0 Å². The van der Waals surface area contributed by atoms with Crippen molar-refractivity contribution in [3.63, 3.8) is 0 Å². The molecule has 2 rings (SSSR count). The molecular weight excluding hydrogens is 242 g/mol. The molecule has 0 aliphatic carbocycles. The number of anilines is 1. The molecule has 0 spiro atoms. The van der Waals surface area contributed by atoms with Crippen LogP contribution in [-0.4, -0.2) is 6.54 Å². The molecule has 0 aliphatic rings. The Morgan fingerprint density at radius 1 is 1.06 bits per heavy atom. The van der Waals surface area contributed by atoms with Crippen molar-refractivity contribution in [1.82, 2.24) is 0 Å². The van der Waals surface area contributed by atoms with E-state index in [9.17, 15) is 0 Å². The van der Waals surface area contributed by atoms with Crippen LogP contribution in [0.2, 0.25) is 0 Å². The number of hydrogen-bond acceptors (Lipinski definition) is 1. The summed E-state index contributed by atoms with van der Waals surface area (Å²) in [5.41, 5.74) is 6.27. The molecule has 2 aromatic carbocycles. The maximum atomic E-state index is 5.67. The molecule has 0 saturated carbocycles. The van der Waals surface area contributed by atoms with E-state index in [1.165, 1.54) is 11.1 Å². The minimum atomic E-state index is 0.757. The van der Waals surface area contributed by atoms with Gasteiger partial charge >= 0.3 is 0 Å². The van der Waals surface area contributed by atoms with Crippen LogP contribution in [0.4, 0.5) is 5.69 Å². The summed E-state index contributed by atoms with van der Waals surface area (Å²) in [5.74, 6) is 0. The van der Waals surface area contributed by atoms with E-state index in [2.05, 4.69) is 47.8 Å². The van der Waals surface area contributed by atoms with Crippen molar-refractivity contribution < 1.29 is 0 Å². The van der Waals surface area contributed by atoms with Crippen LogP contribution in [0.25, 0.3) is 11.1 Å². The summed E-state index contributed by atoms with van der Waals surface area (Å²) in [5, 5.41) is 3.41. The van der Waals surface area contributed by atoms with Crippen LogP contribution in [0.1, 0.15) is 6.92 Å². The van der Waals surface area contributed by atoms with Gasteiger partial charge in [0.05, 0.1) is 0 Å². The largest absolute Gasteiger partial charge is 0.381 e. The van der Waals surface area contributed by atoms with Crippen LogP contribution in [-0.2, 0) is 0 Å². The average molecular weight is 258 g/mol. The highest BCUT2D eigenvalue weighted by Gasteiger charge is 2.03. The lowest BCUT2D eigenvalue weighted by molar-refractivity contribution is 1.21. The molecule has 0 bridgehead atoms. The summed E-state index contributed by atoms with van der Waals surface area (Å²) in [4.78, 5) is 0. The van der Waals surface area contributed by atoms with E-state index in [0.717, 1.165) is 17.8 Å². The summed E-state index contributed by atoms with van der Waals surface area (Å²) in [6.07, 6.45) is 0. The van der Waals surface area contributed by atoms with E-state index in [-0.39, 0.29) is 0 Å². The van der Waals surface area contributed by atoms with Gasteiger partial charge in [0.1, 0.15) is 0 Å². The van der Waals surface area contributed by atoms with Gasteiger partial charge in [-0.1, -0.05) is 60.1 Å². The minimum Gasteiger partial charge on any atom is -0.381 e. The van der Waals surface area contributed by atoms with Crippen LogP contribution >= 0.6 is 11.6 Å². The lowest BCUT2D eigenvalue weighted by atomic mass is 10.0. The predicted molar refractivity (Wildman–Crippen MR) is 80.0 cm³/mol. The van der Waals surface area contributed by atoms with Gasteiger partial charge in [0, 0.05) is 23.3 Å². The first-order chi connectivity index (χ1) is 8.81. The van der Waals surface area contributed by atoms with Crippen molar-refractivity contribution in [2.24, 2.45) is 0 Å². The van der Waals surface area contributed by atoms with Crippen molar-refractivity contribution in [3.8, 4) is 11.1 Å². The standard InChI is InChI=1S/C16H16ClN/c1-13(11-17)12-18-16-10-6-5-9-15(16)14-7-3-2-4-8-14/h2-11,18H,12H2,1H3/b13-11-. The van der Waals surface area contributed by atoms with Gasteiger partial charge < -0.3 is 5.32 Å². The van der Waals surface area contributed by atoms with E-state index in [1.807, 2.05) is 19.1 Å². The summed E-state index contributed by atoms with van der Waals surface area (Å²) in [6.45, 7) is 2.76. The Kier molecular flexibility index (Phi) is 4.43. The maximum Gasteiger partial charge on any atom is 0.0422 e. The SMILES string of the molecule is C/C(=C/Cl)CNc1ccccc1-c1ccccc1. The van der Waals surface area contributed by atoms with Gasteiger partial charge in [0.2, 0.25) is 0 Å². The van der Waals surface area contributed by atoms with E-state index in [1.54, 1.807) is 5.54 Å². The number of benzene rings is 2. The zero-order valence-electron chi connectivity index (χ0n) is 10.4. The summed E-state index contributed by atoms with van der Waals surface area (Å²) in [6, 6.07) is 18.7. The molecule has 0 saturated heterocycles. The molecule has 0 aliphatic heterocycles. The molecule has 1 nitrogen and oxygen atoms in total. The highest BCUT2D eigenvalue weighted by molar-refractivity contribution is 6.25. The maximum absolute atomic E-state index is 5.67. The summed E-state index contributed by atoms with van der Waals surface area (Å²) in [7, 11) is 0. The molecule has 18 heavy (non-hydrogen) atoms. The van der Waals surface area contributed by atoms with Gasteiger partial charge in [-0.3, -0.25) is 0 Å². The van der Waals surface area contributed by atoms with Crippen molar-refractivity contribution in [2.75, 3.05) is 11.9 Å². The Morgan fingerprint density at radius 3 is 2.44 bits per heavy atom. The normalized spacial score (nSPS) is 11.3. The number of para-hydroxylation sites is 1. The smallest absolute Gasteiger partial charge is 0.0422 e. The number of rotatable bonds is 4.